The molecule has 0 spiro atoms. The predicted molar refractivity (Wildman–Crippen MR) is 77.0 cm³/mol. The first kappa shape index (κ1) is 15.0. The van der Waals surface area contributed by atoms with Crippen LogP contribution in [0.3, 0.4) is 0 Å². The number of aliphatic hydroxyl groups excluding tert-OH is 1. The summed E-state index contributed by atoms with van der Waals surface area (Å²) in [5, 5.41) is 15.6. The SMILES string of the molecule is C[C@H](O)CNCCNCc1ccc(N(C)C)cc1. The number of hydrogen-bond acceptors (Lipinski definition) is 4. The van der Waals surface area contributed by atoms with Crippen molar-refractivity contribution >= 4 is 5.69 Å². The van der Waals surface area contributed by atoms with E-state index in [2.05, 4.69) is 39.8 Å². The molecule has 0 unspecified atom stereocenters. The molecule has 0 aliphatic carbocycles. The van der Waals surface area contributed by atoms with Crippen LogP contribution in [0.4, 0.5) is 5.69 Å². The molecule has 3 N–H and O–H groups in total. The minimum Gasteiger partial charge on any atom is -0.392 e. The number of aliphatic hydroxyl groups is 1. The van der Waals surface area contributed by atoms with Crippen LogP contribution in [-0.2, 0) is 6.54 Å². The third-order valence-electron chi connectivity index (χ3n) is 2.70. The van der Waals surface area contributed by atoms with E-state index in [4.69, 9.17) is 5.11 Å². The number of benzene rings is 1. The quantitative estimate of drug-likeness (QED) is 0.599. The molecule has 0 radical (unpaired) electrons. The Morgan fingerprint density at radius 2 is 1.72 bits per heavy atom. The number of rotatable bonds is 8. The van der Waals surface area contributed by atoms with Crippen LogP contribution in [-0.4, -0.2) is 44.9 Å². The van der Waals surface area contributed by atoms with Crippen LogP contribution in [0.15, 0.2) is 24.3 Å². The van der Waals surface area contributed by atoms with Crippen molar-refractivity contribution in [3.63, 3.8) is 0 Å². The van der Waals surface area contributed by atoms with E-state index >= 15 is 0 Å². The zero-order valence-electron chi connectivity index (χ0n) is 11.6. The van der Waals surface area contributed by atoms with Gasteiger partial charge in [-0.05, 0) is 24.6 Å². The largest absolute Gasteiger partial charge is 0.392 e. The van der Waals surface area contributed by atoms with E-state index in [0.29, 0.717) is 6.54 Å². The van der Waals surface area contributed by atoms with Crippen LogP contribution in [0.2, 0.25) is 0 Å². The Morgan fingerprint density at radius 3 is 2.28 bits per heavy atom. The maximum atomic E-state index is 9.07. The van der Waals surface area contributed by atoms with E-state index in [1.54, 1.807) is 6.92 Å². The van der Waals surface area contributed by atoms with E-state index in [-0.39, 0.29) is 6.10 Å². The monoisotopic (exact) mass is 251 g/mol. The fourth-order valence-corrected chi connectivity index (χ4v) is 1.63. The predicted octanol–water partition coefficient (Wildman–Crippen LogP) is 0.813. The Kier molecular flexibility index (Phi) is 6.72. The first-order valence-corrected chi connectivity index (χ1v) is 6.45. The highest BCUT2D eigenvalue weighted by Gasteiger charge is 1.96. The molecule has 0 heterocycles. The molecule has 0 bridgehead atoms. The van der Waals surface area contributed by atoms with Crippen LogP contribution >= 0.6 is 0 Å². The van der Waals surface area contributed by atoms with Gasteiger partial charge in [0.15, 0.2) is 0 Å². The van der Waals surface area contributed by atoms with E-state index in [1.807, 2.05) is 14.1 Å². The van der Waals surface area contributed by atoms with E-state index < -0.39 is 0 Å². The fraction of sp³-hybridized carbons (Fsp3) is 0.571. The van der Waals surface area contributed by atoms with E-state index in [9.17, 15) is 0 Å². The summed E-state index contributed by atoms with van der Waals surface area (Å²) < 4.78 is 0. The van der Waals surface area contributed by atoms with Crippen molar-refractivity contribution < 1.29 is 5.11 Å². The van der Waals surface area contributed by atoms with E-state index in [1.165, 1.54) is 11.3 Å². The number of hydrogen-bond donors (Lipinski definition) is 3. The molecule has 1 rings (SSSR count). The summed E-state index contributed by atoms with van der Waals surface area (Å²) in [4.78, 5) is 2.09. The topological polar surface area (TPSA) is 47.5 Å². The smallest absolute Gasteiger partial charge is 0.0636 e. The average Bonchev–Trinajstić information content (AvgIpc) is 2.34. The zero-order chi connectivity index (χ0) is 13.4. The van der Waals surface area contributed by atoms with Gasteiger partial charge in [-0.2, -0.15) is 0 Å². The van der Waals surface area contributed by atoms with Crippen LogP contribution in [0.25, 0.3) is 0 Å². The molecular formula is C14H25N3O. The van der Waals surface area contributed by atoms with Crippen LogP contribution < -0.4 is 15.5 Å². The van der Waals surface area contributed by atoms with Gasteiger partial charge in [-0.15, -0.1) is 0 Å². The Hall–Kier alpha value is -1.10. The van der Waals surface area contributed by atoms with Crippen molar-refractivity contribution in [3.8, 4) is 0 Å². The lowest BCUT2D eigenvalue weighted by Gasteiger charge is -2.13. The number of nitrogens with one attached hydrogen (secondary N) is 2. The molecule has 0 saturated heterocycles. The van der Waals surface area contributed by atoms with E-state index in [0.717, 1.165) is 19.6 Å². The Bertz CT molecular complexity index is 322. The van der Waals surface area contributed by atoms with Crippen LogP contribution in [0.5, 0.6) is 0 Å². The molecule has 4 heteroatoms. The van der Waals surface area contributed by atoms with Gasteiger partial charge in [0.2, 0.25) is 0 Å². The molecule has 0 aliphatic rings. The number of anilines is 1. The van der Waals surface area contributed by atoms with Gasteiger partial charge in [0.1, 0.15) is 0 Å². The fourth-order valence-electron chi connectivity index (χ4n) is 1.63. The van der Waals surface area contributed by atoms with Crippen LogP contribution in [0.1, 0.15) is 12.5 Å². The summed E-state index contributed by atoms with van der Waals surface area (Å²) in [5.41, 5.74) is 2.51. The molecule has 1 atom stereocenters. The Labute approximate surface area is 110 Å². The molecule has 102 valence electrons. The van der Waals surface area contributed by atoms with Gasteiger partial charge in [0.05, 0.1) is 6.10 Å². The average molecular weight is 251 g/mol. The first-order chi connectivity index (χ1) is 8.59. The van der Waals surface area contributed by atoms with Gasteiger partial charge in [-0.1, -0.05) is 12.1 Å². The molecule has 1 aromatic rings. The standard InChI is InChI=1S/C14H25N3O/c1-12(18)10-15-8-9-16-11-13-4-6-14(7-5-13)17(2)3/h4-7,12,15-16,18H,8-11H2,1-3H3/t12-/m0/s1. The van der Waals surface area contributed by atoms with Crippen molar-refractivity contribution in [1.82, 2.24) is 10.6 Å². The van der Waals surface area contributed by atoms with Crippen molar-refractivity contribution in [2.75, 3.05) is 38.6 Å². The van der Waals surface area contributed by atoms with Crippen molar-refractivity contribution in [1.29, 1.82) is 0 Å². The van der Waals surface area contributed by atoms with Gasteiger partial charge < -0.3 is 20.6 Å². The highest BCUT2D eigenvalue weighted by Crippen LogP contribution is 2.11. The molecule has 0 aliphatic heterocycles. The van der Waals surface area contributed by atoms with Crippen LogP contribution in [0, 0.1) is 0 Å². The van der Waals surface area contributed by atoms with Gasteiger partial charge in [0, 0.05) is 46.0 Å². The molecule has 4 nitrogen and oxygen atoms in total. The second-order valence-electron chi connectivity index (χ2n) is 4.79. The molecule has 0 fully saturated rings. The number of nitrogens with zero attached hydrogens (tertiary/aromatic N) is 1. The Balaban J connectivity index is 2.15. The molecule has 1 aromatic carbocycles. The maximum absolute atomic E-state index is 9.07. The highest BCUT2D eigenvalue weighted by atomic mass is 16.3. The van der Waals surface area contributed by atoms with Crippen molar-refractivity contribution in [3.05, 3.63) is 29.8 Å². The normalized spacial score (nSPS) is 12.4. The minimum absolute atomic E-state index is 0.274. The van der Waals surface area contributed by atoms with Gasteiger partial charge >= 0.3 is 0 Å². The molecule has 0 saturated carbocycles. The Morgan fingerprint density at radius 1 is 1.11 bits per heavy atom. The summed E-state index contributed by atoms with van der Waals surface area (Å²) >= 11 is 0. The van der Waals surface area contributed by atoms with Gasteiger partial charge in [0.25, 0.3) is 0 Å². The third-order valence-corrected chi connectivity index (χ3v) is 2.70. The summed E-state index contributed by atoms with van der Waals surface area (Å²) in [5.74, 6) is 0. The summed E-state index contributed by atoms with van der Waals surface area (Å²) in [7, 11) is 4.09. The lowest BCUT2D eigenvalue weighted by atomic mass is 10.2. The molecule has 0 aromatic heterocycles. The summed E-state index contributed by atoms with van der Waals surface area (Å²) in [6.45, 7) is 5.10. The van der Waals surface area contributed by atoms with Crippen molar-refractivity contribution in [2.24, 2.45) is 0 Å². The second-order valence-corrected chi connectivity index (χ2v) is 4.79. The first-order valence-electron chi connectivity index (χ1n) is 6.45. The lowest BCUT2D eigenvalue weighted by molar-refractivity contribution is 0.191. The molecule has 0 amide bonds. The van der Waals surface area contributed by atoms with Crippen molar-refractivity contribution in [2.45, 2.75) is 19.6 Å². The zero-order valence-corrected chi connectivity index (χ0v) is 11.6. The molecule has 18 heavy (non-hydrogen) atoms. The maximum Gasteiger partial charge on any atom is 0.0636 e. The van der Waals surface area contributed by atoms with Gasteiger partial charge in [-0.25, -0.2) is 0 Å². The molecular weight excluding hydrogens is 226 g/mol. The summed E-state index contributed by atoms with van der Waals surface area (Å²) in [6, 6.07) is 8.54. The minimum atomic E-state index is -0.274. The summed E-state index contributed by atoms with van der Waals surface area (Å²) in [6.07, 6.45) is -0.274. The second kappa shape index (κ2) is 8.08. The van der Waals surface area contributed by atoms with Gasteiger partial charge in [-0.3, -0.25) is 0 Å². The highest BCUT2D eigenvalue weighted by molar-refractivity contribution is 5.45. The third kappa shape index (κ3) is 6.00. The lowest BCUT2D eigenvalue weighted by Crippen LogP contribution is -2.31.